The summed E-state index contributed by atoms with van der Waals surface area (Å²) < 4.78 is 31.6. The van der Waals surface area contributed by atoms with Gasteiger partial charge in [0.2, 0.25) is 0 Å². The van der Waals surface area contributed by atoms with Crippen LogP contribution in [0.5, 0.6) is 0 Å². The number of aliphatic hydroxyl groups excluding tert-OH is 1. The number of hydrogen-bond donors (Lipinski definition) is 3. The van der Waals surface area contributed by atoms with Crippen molar-refractivity contribution in [2.75, 3.05) is 6.61 Å². The molecular weight excluding hydrogens is 171 g/mol. The predicted octanol–water partition coefficient (Wildman–Crippen LogP) is -1.14. The van der Waals surface area contributed by atoms with Crippen LogP contribution in [0, 0.1) is 0 Å². The normalized spacial score (nSPS) is 8.30. The van der Waals surface area contributed by atoms with Gasteiger partial charge < -0.3 is 5.11 Å². The fourth-order valence-electron chi connectivity index (χ4n) is 0. The average molecular weight is 180 g/mol. The van der Waals surface area contributed by atoms with Gasteiger partial charge in [-0.1, -0.05) is 6.08 Å². The molecule has 0 radical (unpaired) electrons. The minimum atomic E-state index is -4.67. The van der Waals surface area contributed by atoms with E-state index in [2.05, 4.69) is 6.58 Å². The van der Waals surface area contributed by atoms with E-state index in [4.69, 9.17) is 22.6 Å². The van der Waals surface area contributed by atoms with Gasteiger partial charge in [-0.2, -0.15) is 8.42 Å². The Labute approximate surface area is 81.6 Å². The van der Waals surface area contributed by atoms with Gasteiger partial charge >= 0.3 is 40.0 Å². The van der Waals surface area contributed by atoms with Crippen LogP contribution >= 0.6 is 0 Å². The Kier molecular flexibility index (Phi) is 16.2. The zero-order valence-corrected chi connectivity index (χ0v) is 5.37. The Morgan fingerprint density at radius 3 is 1.50 bits per heavy atom. The van der Waals surface area contributed by atoms with Crippen LogP contribution < -0.4 is 0 Å². The molecule has 7 heteroatoms. The molecule has 0 aromatic carbocycles. The van der Waals surface area contributed by atoms with Gasteiger partial charge in [-0.15, -0.1) is 6.58 Å². The first-order chi connectivity index (χ1) is 3.91. The van der Waals surface area contributed by atoms with Gasteiger partial charge in [0.15, 0.2) is 0 Å². The van der Waals surface area contributed by atoms with Crippen LogP contribution in [-0.2, 0) is 10.4 Å². The molecule has 5 nitrogen and oxygen atoms in total. The first-order valence-corrected chi connectivity index (χ1v) is 3.23. The van der Waals surface area contributed by atoms with Gasteiger partial charge in [0.25, 0.3) is 0 Å². The summed E-state index contributed by atoms with van der Waals surface area (Å²) in [6.07, 6.45) is 1.43. The summed E-state index contributed by atoms with van der Waals surface area (Å²) in [5.74, 6) is 0. The second-order valence-corrected chi connectivity index (χ2v) is 1.81. The van der Waals surface area contributed by atoms with E-state index in [1.54, 1.807) is 0 Å². The molecule has 10 heavy (non-hydrogen) atoms. The molecule has 0 amide bonds. The SMILES string of the molecule is C=CCO.O=S(=O)(O)O.[NaH]. The zero-order chi connectivity index (χ0) is 7.91. The molecule has 0 heterocycles. The average Bonchev–Trinajstić information content (AvgIpc) is 1.61. The molecule has 0 rings (SSSR count). The molecule has 0 spiro atoms. The van der Waals surface area contributed by atoms with Crippen LogP contribution in [0.1, 0.15) is 0 Å². The molecule has 3 N–H and O–H groups in total. The summed E-state index contributed by atoms with van der Waals surface area (Å²) in [6.45, 7) is 3.31. The van der Waals surface area contributed by atoms with E-state index >= 15 is 0 Å². The molecule has 0 fully saturated rings. The second-order valence-electron chi connectivity index (χ2n) is 0.919. The molecule has 0 bridgehead atoms. The quantitative estimate of drug-likeness (QED) is 0.269. The molecular formula is C3H9NaO5S. The maximum absolute atomic E-state index is 8.74. The van der Waals surface area contributed by atoms with Crippen LogP contribution in [0.15, 0.2) is 12.7 Å². The van der Waals surface area contributed by atoms with Gasteiger partial charge in [0.1, 0.15) is 0 Å². The molecule has 0 aliphatic heterocycles. The molecule has 0 aliphatic carbocycles. The third kappa shape index (κ3) is 199. The molecule has 0 aromatic rings. The Morgan fingerprint density at radius 2 is 1.50 bits per heavy atom. The molecule has 0 saturated heterocycles. The van der Waals surface area contributed by atoms with Crippen molar-refractivity contribution in [3.05, 3.63) is 12.7 Å². The Balaban J connectivity index is -0.0000000910. The first-order valence-electron chi connectivity index (χ1n) is 1.83. The zero-order valence-electron chi connectivity index (χ0n) is 4.56. The topological polar surface area (TPSA) is 94.8 Å². The molecule has 0 aliphatic rings. The number of aliphatic hydroxyl groups is 1. The van der Waals surface area contributed by atoms with Gasteiger partial charge in [-0.05, 0) is 0 Å². The van der Waals surface area contributed by atoms with Crippen molar-refractivity contribution in [2.24, 2.45) is 0 Å². The predicted molar refractivity (Wildman–Crippen MR) is 38.6 cm³/mol. The summed E-state index contributed by atoms with van der Waals surface area (Å²) in [5.41, 5.74) is 0. The van der Waals surface area contributed by atoms with Crippen molar-refractivity contribution in [1.82, 2.24) is 0 Å². The Morgan fingerprint density at radius 1 is 1.40 bits per heavy atom. The summed E-state index contributed by atoms with van der Waals surface area (Å²) in [5, 5.41) is 7.76. The van der Waals surface area contributed by atoms with Crippen LogP contribution in [0.4, 0.5) is 0 Å². The molecule has 58 valence electrons. The summed E-state index contributed by atoms with van der Waals surface area (Å²) in [4.78, 5) is 0. The number of rotatable bonds is 1. The van der Waals surface area contributed by atoms with Crippen LogP contribution in [0.2, 0.25) is 0 Å². The second kappa shape index (κ2) is 9.57. The van der Waals surface area contributed by atoms with Crippen molar-refractivity contribution in [2.45, 2.75) is 0 Å². The monoisotopic (exact) mass is 180 g/mol. The van der Waals surface area contributed by atoms with Gasteiger partial charge in [0.05, 0.1) is 6.61 Å². The van der Waals surface area contributed by atoms with E-state index in [0.29, 0.717) is 0 Å². The summed E-state index contributed by atoms with van der Waals surface area (Å²) in [6, 6.07) is 0. The maximum atomic E-state index is 8.74. The Bertz CT molecular complexity index is 142. The van der Waals surface area contributed by atoms with E-state index in [-0.39, 0.29) is 36.2 Å². The van der Waals surface area contributed by atoms with Crippen molar-refractivity contribution >= 4 is 40.0 Å². The fraction of sp³-hybridized carbons (Fsp3) is 0.333. The summed E-state index contributed by atoms with van der Waals surface area (Å²) >= 11 is 0. The van der Waals surface area contributed by atoms with E-state index in [9.17, 15) is 0 Å². The van der Waals surface area contributed by atoms with Crippen LogP contribution in [-0.4, -0.2) is 58.8 Å². The molecule has 0 saturated carbocycles. The van der Waals surface area contributed by atoms with E-state index in [0.717, 1.165) is 0 Å². The van der Waals surface area contributed by atoms with Crippen LogP contribution in [0.3, 0.4) is 0 Å². The van der Waals surface area contributed by atoms with Crippen molar-refractivity contribution < 1.29 is 22.6 Å². The third-order valence-electron chi connectivity index (χ3n) is 0.129. The fourth-order valence-corrected chi connectivity index (χ4v) is 0. The molecule has 0 aromatic heterocycles. The van der Waals surface area contributed by atoms with Crippen LogP contribution in [0.25, 0.3) is 0 Å². The number of hydrogen-bond acceptors (Lipinski definition) is 3. The van der Waals surface area contributed by atoms with E-state index in [1.165, 1.54) is 6.08 Å². The first kappa shape index (κ1) is 16.9. The standard InChI is InChI=1S/C3H6O.Na.H2O4S.H/c1-2-3-4;;1-5(2,3)4;/h2,4H,1,3H2;;(H2,1,2,3,4);. The van der Waals surface area contributed by atoms with Gasteiger partial charge in [-0.3, -0.25) is 9.11 Å². The summed E-state index contributed by atoms with van der Waals surface area (Å²) in [7, 11) is -4.67. The van der Waals surface area contributed by atoms with Gasteiger partial charge in [0, 0.05) is 0 Å². The van der Waals surface area contributed by atoms with Crippen molar-refractivity contribution in [3.8, 4) is 0 Å². The van der Waals surface area contributed by atoms with E-state index < -0.39 is 10.4 Å². The minimum absolute atomic E-state index is 0. The van der Waals surface area contributed by atoms with Crippen molar-refractivity contribution in [3.63, 3.8) is 0 Å². The van der Waals surface area contributed by atoms with Gasteiger partial charge in [-0.25, -0.2) is 0 Å². The molecule has 0 atom stereocenters. The third-order valence-corrected chi connectivity index (χ3v) is 0.129. The molecule has 0 unspecified atom stereocenters. The van der Waals surface area contributed by atoms with Crippen molar-refractivity contribution in [1.29, 1.82) is 0 Å². The Hall–Kier alpha value is 0.570. The van der Waals surface area contributed by atoms with E-state index in [1.807, 2.05) is 0 Å².